The zero-order chi connectivity index (χ0) is 24.0. The van der Waals surface area contributed by atoms with Crippen LogP contribution in [0.2, 0.25) is 5.02 Å². The summed E-state index contributed by atoms with van der Waals surface area (Å²) in [6.07, 6.45) is 1.00. The first-order valence-electron chi connectivity index (χ1n) is 10.0. The monoisotopic (exact) mass is 470 g/mol. The van der Waals surface area contributed by atoms with E-state index < -0.39 is 29.4 Å². The molecule has 2 aromatic carbocycles. The molecule has 2 amide bonds. The van der Waals surface area contributed by atoms with Gasteiger partial charge >= 0.3 is 12.0 Å². The van der Waals surface area contributed by atoms with E-state index in [1.165, 1.54) is 16.8 Å². The molecule has 3 aromatic rings. The highest BCUT2D eigenvalue weighted by molar-refractivity contribution is 6.31. The molecule has 0 radical (unpaired) electrons. The molecular formula is C23H23ClN4O5. The number of benzene rings is 2. The number of carbonyl (C=O) groups is 2. The molecule has 0 bridgehead atoms. The number of anilines is 1. The molecule has 0 saturated heterocycles. The van der Waals surface area contributed by atoms with E-state index in [0.29, 0.717) is 22.7 Å². The van der Waals surface area contributed by atoms with Crippen molar-refractivity contribution in [1.82, 2.24) is 9.88 Å². The van der Waals surface area contributed by atoms with Gasteiger partial charge < -0.3 is 31.1 Å². The van der Waals surface area contributed by atoms with E-state index in [0.717, 1.165) is 5.56 Å². The van der Waals surface area contributed by atoms with Crippen LogP contribution in [-0.2, 0) is 17.9 Å². The number of carboxylic acid groups (broad SMARTS) is 1. The highest BCUT2D eigenvalue weighted by Gasteiger charge is 2.20. The molecule has 0 saturated carbocycles. The Bertz CT molecular complexity index is 1210. The number of rotatable bonds is 8. The predicted molar refractivity (Wildman–Crippen MR) is 124 cm³/mol. The Kier molecular flexibility index (Phi) is 7.70. The van der Waals surface area contributed by atoms with Gasteiger partial charge in [0.05, 0.1) is 19.0 Å². The van der Waals surface area contributed by atoms with E-state index in [2.05, 4.69) is 10.6 Å². The van der Waals surface area contributed by atoms with Crippen LogP contribution in [0.25, 0.3) is 0 Å². The molecule has 9 nitrogen and oxygen atoms in total. The minimum Gasteiger partial charge on any atom is -0.505 e. The molecule has 33 heavy (non-hydrogen) atoms. The number of nitrogens with zero attached hydrogens (tertiary/aromatic N) is 1. The van der Waals surface area contributed by atoms with Gasteiger partial charge in [-0.15, -0.1) is 0 Å². The smallest absolute Gasteiger partial charge is 0.319 e. The summed E-state index contributed by atoms with van der Waals surface area (Å²) in [5.41, 5.74) is 6.69. The minimum atomic E-state index is -1.12. The number of carbonyl (C=O) groups excluding carboxylic acids is 1. The van der Waals surface area contributed by atoms with Crippen LogP contribution in [0.15, 0.2) is 65.6 Å². The molecule has 3 rings (SSSR count). The lowest BCUT2D eigenvalue weighted by Crippen LogP contribution is -2.36. The number of aromatic hydroxyl groups is 1. The molecule has 0 fully saturated rings. The Morgan fingerprint density at radius 2 is 1.79 bits per heavy atom. The van der Waals surface area contributed by atoms with Crippen LogP contribution in [-0.4, -0.2) is 26.8 Å². The van der Waals surface area contributed by atoms with E-state index in [1.54, 1.807) is 48.5 Å². The molecule has 0 aliphatic carbocycles. The van der Waals surface area contributed by atoms with E-state index >= 15 is 0 Å². The summed E-state index contributed by atoms with van der Waals surface area (Å²) in [7, 11) is 0. The van der Waals surface area contributed by atoms with Crippen LogP contribution in [0.4, 0.5) is 10.5 Å². The summed E-state index contributed by atoms with van der Waals surface area (Å²) in [5.74, 6) is -1.54. The second-order valence-electron chi connectivity index (χ2n) is 7.30. The van der Waals surface area contributed by atoms with Crippen LogP contribution in [0.5, 0.6) is 5.75 Å². The molecule has 1 heterocycles. The number of halogens is 1. The van der Waals surface area contributed by atoms with Crippen LogP contribution in [0.1, 0.15) is 29.2 Å². The van der Waals surface area contributed by atoms with Gasteiger partial charge in [0.25, 0.3) is 5.56 Å². The number of pyridine rings is 1. The van der Waals surface area contributed by atoms with Crippen molar-refractivity contribution in [3.63, 3.8) is 0 Å². The fourth-order valence-electron chi connectivity index (χ4n) is 3.24. The average Bonchev–Trinajstić information content (AvgIpc) is 2.79. The Morgan fingerprint density at radius 1 is 1.09 bits per heavy atom. The second kappa shape index (κ2) is 10.7. The molecule has 1 unspecified atom stereocenters. The molecule has 172 valence electrons. The van der Waals surface area contributed by atoms with Gasteiger partial charge in [-0.1, -0.05) is 54.1 Å². The van der Waals surface area contributed by atoms with Crippen molar-refractivity contribution >= 4 is 29.3 Å². The quantitative estimate of drug-likeness (QED) is 0.342. The predicted octanol–water partition coefficient (Wildman–Crippen LogP) is 3.05. The van der Waals surface area contributed by atoms with Crippen LogP contribution in [0.3, 0.4) is 0 Å². The number of carboxylic acids is 1. The third kappa shape index (κ3) is 6.12. The summed E-state index contributed by atoms with van der Waals surface area (Å²) in [4.78, 5) is 36.8. The maximum atomic E-state index is 12.9. The Morgan fingerprint density at radius 3 is 2.42 bits per heavy atom. The lowest BCUT2D eigenvalue weighted by atomic mass is 10.0. The highest BCUT2D eigenvalue weighted by atomic mass is 35.5. The minimum absolute atomic E-state index is 0.129. The van der Waals surface area contributed by atoms with Gasteiger partial charge in [-0.2, -0.15) is 0 Å². The zero-order valence-electron chi connectivity index (χ0n) is 17.5. The Labute approximate surface area is 194 Å². The molecule has 0 aliphatic heterocycles. The topological polar surface area (TPSA) is 147 Å². The van der Waals surface area contributed by atoms with Gasteiger partial charge in [0.1, 0.15) is 5.75 Å². The van der Waals surface area contributed by atoms with Crippen LogP contribution < -0.4 is 21.9 Å². The lowest BCUT2D eigenvalue weighted by molar-refractivity contribution is -0.137. The largest absolute Gasteiger partial charge is 0.505 e. The van der Waals surface area contributed by atoms with Gasteiger partial charge in [-0.3, -0.25) is 9.59 Å². The van der Waals surface area contributed by atoms with Gasteiger partial charge in [0.2, 0.25) is 0 Å². The van der Waals surface area contributed by atoms with Gasteiger partial charge in [0.15, 0.2) is 5.69 Å². The van der Waals surface area contributed by atoms with Crippen LogP contribution >= 0.6 is 11.6 Å². The molecule has 0 spiro atoms. The number of aromatic nitrogens is 1. The summed E-state index contributed by atoms with van der Waals surface area (Å²) >= 11 is 6.16. The standard InChI is InChI=1S/C23H23ClN4O5/c24-17-4-2-1-3-16(17)13-28-10-9-19(29)21(22(28)32)27-23(33)26-18(11-20(30)31)15-7-5-14(12-25)6-8-15/h1-10,18,29H,11-13,25H2,(H,30,31)(H2,26,27,33). The summed E-state index contributed by atoms with van der Waals surface area (Å²) in [6.45, 7) is 0.454. The maximum Gasteiger partial charge on any atom is 0.319 e. The van der Waals surface area contributed by atoms with E-state index in [4.69, 9.17) is 17.3 Å². The van der Waals surface area contributed by atoms with E-state index in [9.17, 15) is 24.6 Å². The maximum absolute atomic E-state index is 12.9. The SMILES string of the molecule is NCc1ccc(C(CC(=O)O)NC(=O)Nc2c(O)ccn(Cc3ccccc3Cl)c2=O)cc1. The Balaban J connectivity index is 1.80. The number of nitrogens with two attached hydrogens (primary N) is 1. The fourth-order valence-corrected chi connectivity index (χ4v) is 3.43. The number of hydrogen-bond acceptors (Lipinski definition) is 5. The Hall–Kier alpha value is -3.82. The zero-order valence-corrected chi connectivity index (χ0v) is 18.2. The summed E-state index contributed by atoms with van der Waals surface area (Å²) in [6, 6.07) is 13.4. The molecule has 1 atom stereocenters. The molecule has 6 N–H and O–H groups in total. The highest BCUT2D eigenvalue weighted by Crippen LogP contribution is 2.21. The first-order chi connectivity index (χ1) is 15.8. The van der Waals surface area contributed by atoms with Gasteiger partial charge in [0, 0.05) is 17.8 Å². The van der Waals surface area contributed by atoms with Crippen molar-refractivity contribution in [2.45, 2.75) is 25.6 Å². The number of hydrogen-bond donors (Lipinski definition) is 5. The van der Waals surface area contributed by atoms with Gasteiger partial charge in [-0.05, 0) is 28.8 Å². The van der Waals surface area contributed by atoms with Crippen molar-refractivity contribution in [1.29, 1.82) is 0 Å². The number of urea groups is 1. The third-order valence-electron chi connectivity index (χ3n) is 4.98. The fraction of sp³-hybridized carbons (Fsp3) is 0.174. The molecule has 1 aromatic heterocycles. The normalized spacial score (nSPS) is 11.6. The molecule has 10 heteroatoms. The number of nitrogens with one attached hydrogen (secondary N) is 2. The summed E-state index contributed by atoms with van der Waals surface area (Å²) in [5, 5.41) is 24.7. The summed E-state index contributed by atoms with van der Waals surface area (Å²) < 4.78 is 1.29. The van der Waals surface area contributed by atoms with E-state index in [-0.39, 0.29) is 18.7 Å². The van der Waals surface area contributed by atoms with E-state index in [1.807, 2.05) is 0 Å². The molecular weight excluding hydrogens is 448 g/mol. The van der Waals surface area contributed by atoms with Crippen molar-refractivity contribution in [3.8, 4) is 5.75 Å². The van der Waals surface area contributed by atoms with Crippen molar-refractivity contribution in [2.75, 3.05) is 5.32 Å². The lowest BCUT2D eigenvalue weighted by Gasteiger charge is -2.19. The van der Waals surface area contributed by atoms with Crippen molar-refractivity contribution in [2.24, 2.45) is 5.73 Å². The average molecular weight is 471 g/mol. The third-order valence-corrected chi connectivity index (χ3v) is 5.35. The number of amides is 2. The first-order valence-corrected chi connectivity index (χ1v) is 10.4. The van der Waals surface area contributed by atoms with Crippen LogP contribution in [0, 0.1) is 0 Å². The second-order valence-corrected chi connectivity index (χ2v) is 7.70. The first kappa shape index (κ1) is 23.8. The van der Waals surface area contributed by atoms with Crippen molar-refractivity contribution in [3.05, 3.63) is 92.9 Å². The number of aliphatic carboxylic acids is 1. The molecule has 0 aliphatic rings. The van der Waals surface area contributed by atoms with Gasteiger partial charge in [-0.25, -0.2) is 4.79 Å². The van der Waals surface area contributed by atoms with Crippen molar-refractivity contribution < 1.29 is 19.8 Å².